The van der Waals surface area contributed by atoms with Crippen LogP contribution in [0.5, 0.6) is 0 Å². The minimum Gasteiger partial charge on any atom is -0.362 e. The molecule has 4 heteroatoms. The first-order valence-corrected chi connectivity index (χ1v) is 13.0. The summed E-state index contributed by atoms with van der Waals surface area (Å²) in [6.45, 7) is 9.40. The molecule has 0 spiro atoms. The summed E-state index contributed by atoms with van der Waals surface area (Å²) in [6, 6.07) is 18.8. The predicted octanol–water partition coefficient (Wildman–Crippen LogP) is 6.66. The smallest absolute Gasteiger partial charge is 0.162 e. The van der Waals surface area contributed by atoms with Gasteiger partial charge in [-0.3, -0.25) is 9.59 Å². The maximum Gasteiger partial charge on any atom is 0.162 e. The first-order chi connectivity index (χ1) is 17.1. The van der Waals surface area contributed by atoms with E-state index in [2.05, 4.69) is 92.3 Å². The fourth-order valence-electron chi connectivity index (χ4n) is 6.62. The van der Waals surface area contributed by atoms with Crippen molar-refractivity contribution >= 4 is 22.5 Å². The van der Waals surface area contributed by atoms with Gasteiger partial charge in [-0.1, -0.05) is 76.2 Å². The van der Waals surface area contributed by atoms with Crippen LogP contribution in [0.3, 0.4) is 0 Å². The average molecular weight is 479 g/mol. The van der Waals surface area contributed by atoms with Gasteiger partial charge in [0, 0.05) is 64.9 Å². The highest BCUT2D eigenvalue weighted by atomic mass is 16.1. The number of carbonyl (C=O) groups excluding carboxylic acids is 2. The third-order valence-electron chi connectivity index (χ3n) is 8.05. The summed E-state index contributed by atoms with van der Waals surface area (Å²) in [7, 11) is 0. The van der Waals surface area contributed by atoms with E-state index in [-0.39, 0.29) is 28.3 Å². The van der Waals surface area contributed by atoms with Gasteiger partial charge in [0.1, 0.15) is 0 Å². The lowest BCUT2D eigenvalue weighted by Crippen LogP contribution is -2.42. The van der Waals surface area contributed by atoms with Crippen molar-refractivity contribution in [3.8, 4) is 0 Å². The Balaban J connectivity index is 1.57. The van der Waals surface area contributed by atoms with E-state index in [1.165, 1.54) is 5.56 Å². The number of carbonyl (C=O) groups is 2. The maximum atomic E-state index is 13.7. The summed E-state index contributed by atoms with van der Waals surface area (Å²) in [5, 5.41) is 4.75. The Kier molecular flexibility index (Phi) is 5.15. The number of nitrogens with zero attached hydrogens (tertiary/aromatic N) is 1. The second-order valence-electron chi connectivity index (χ2n) is 12.4. The molecule has 36 heavy (non-hydrogen) atoms. The number of rotatable bonds is 3. The van der Waals surface area contributed by atoms with Gasteiger partial charge in [0.15, 0.2) is 11.6 Å². The zero-order valence-electron chi connectivity index (χ0n) is 21.7. The summed E-state index contributed by atoms with van der Waals surface area (Å²) in [5.74, 6) is 0.0241. The summed E-state index contributed by atoms with van der Waals surface area (Å²) in [5.41, 5.74) is 6.89. The van der Waals surface area contributed by atoms with Gasteiger partial charge < -0.3 is 9.88 Å². The molecule has 1 aliphatic heterocycles. The van der Waals surface area contributed by atoms with E-state index >= 15 is 0 Å². The lowest BCUT2D eigenvalue weighted by atomic mass is 9.64. The summed E-state index contributed by atoms with van der Waals surface area (Å²) in [6.07, 6.45) is 4.85. The van der Waals surface area contributed by atoms with Crippen molar-refractivity contribution < 1.29 is 9.59 Å². The van der Waals surface area contributed by atoms with Gasteiger partial charge in [-0.15, -0.1) is 0 Å². The van der Waals surface area contributed by atoms with Crippen LogP contribution in [0.25, 0.3) is 10.9 Å². The number of hydrogen-bond donors (Lipinski definition) is 1. The molecule has 4 nitrogen and oxygen atoms in total. The highest BCUT2D eigenvalue weighted by Gasteiger charge is 2.47. The zero-order chi connectivity index (χ0) is 25.2. The number of aromatic nitrogens is 1. The van der Waals surface area contributed by atoms with E-state index in [0.717, 1.165) is 58.4 Å². The molecule has 0 radical (unpaired) electrons. The fraction of sp³-hybridized carbons (Fsp3) is 0.375. The van der Waals surface area contributed by atoms with Crippen molar-refractivity contribution in [3.05, 3.63) is 94.5 Å². The Bertz CT molecular complexity index is 1410. The molecule has 0 atom stereocenters. The number of allylic oxidation sites excluding steroid dienone is 4. The van der Waals surface area contributed by atoms with E-state index in [4.69, 9.17) is 0 Å². The van der Waals surface area contributed by atoms with Crippen molar-refractivity contribution in [3.63, 3.8) is 0 Å². The molecule has 3 aliphatic rings. The summed E-state index contributed by atoms with van der Waals surface area (Å²) >= 11 is 0. The molecule has 2 aromatic carbocycles. The number of para-hydroxylation sites is 1. The maximum absolute atomic E-state index is 13.7. The quantitative estimate of drug-likeness (QED) is 0.458. The molecule has 0 bridgehead atoms. The van der Waals surface area contributed by atoms with Gasteiger partial charge in [0.25, 0.3) is 0 Å². The van der Waals surface area contributed by atoms with Crippen molar-refractivity contribution in [2.75, 3.05) is 0 Å². The summed E-state index contributed by atoms with van der Waals surface area (Å²) in [4.78, 5) is 27.5. The molecule has 0 saturated heterocycles. The lowest BCUT2D eigenvalue weighted by Gasteiger charge is -2.43. The van der Waals surface area contributed by atoms with E-state index in [1.54, 1.807) is 0 Å². The Labute approximate surface area is 213 Å². The van der Waals surface area contributed by atoms with Crippen LogP contribution in [0.15, 0.2) is 83.3 Å². The lowest BCUT2D eigenvalue weighted by molar-refractivity contribution is -0.119. The van der Waals surface area contributed by atoms with Crippen LogP contribution in [-0.4, -0.2) is 16.1 Å². The standard InChI is InChI=1S/C32H34N2O2/c1-31(2)14-23-29(26(35)16-31)28(30-24(33-23)15-32(3,4)17-27(30)36)22-19-34(18-20-10-6-5-7-11-20)25-13-9-8-12-21(22)25/h5-13,19,28,33H,14-18H2,1-4H3. The molecule has 0 fully saturated rings. The first-order valence-electron chi connectivity index (χ1n) is 13.0. The Hall–Kier alpha value is -3.40. The van der Waals surface area contributed by atoms with Gasteiger partial charge in [0.2, 0.25) is 0 Å². The molecule has 184 valence electrons. The molecular formula is C32H34N2O2. The van der Waals surface area contributed by atoms with Gasteiger partial charge >= 0.3 is 0 Å². The van der Waals surface area contributed by atoms with Gasteiger partial charge in [-0.2, -0.15) is 0 Å². The van der Waals surface area contributed by atoms with Crippen LogP contribution in [0, 0.1) is 10.8 Å². The van der Waals surface area contributed by atoms with Crippen LogP contribution in [-0.2, 0) is 16.1 Å². The van der Waals surface area contributed by atoms with Gasteiger partial charge in [-0.25, -0.2) is 0 Å². The van der Waals surface area contributed by atoms with Crippen molar-refractivity contribution in [1.29, 1.82) is 0 Å². The molecule has 1 aromatic heterocycles. The number of dihydropyridines is 1. The predicted molar refractivity (Wildman–Crippen MR) is 143 cm³/mol. The molecule has 0 unspecified atom stereocenters. The zero-order valence-corrected chi connectivity index (χ0v) is 21.7. The molecule has 1 N–H and O–H groups in total. The number of benzene rings is 2. The average Bonchev–Trinajstić information content (AvgIpc) is 3.15. The van der Waals surface area contributed by atoms with Crippen molar-refractivity contribution in [2.24, 2.45) is 10.8 Å². The number of Topliss-reactive ketones (excluding diaryl/α,β-unsaturated/α-hetero) is 2. The van der Waals surface area contributed by atoms with E-state index < -0.39 is 0 Å². The molecule has 0 saturated carbocycles. The molecule has 2 heterocycles. The van der Waals surface area contributed by atoms with Gasteiger partial charge in [0.05, 0.1) is 0 Å². The minimum absolute atomic E-state index is 0.0962. The Morgan fingerprint density at radius 3 is 1.94 bits per heavy atom. The third kappa shape index (κ3) is 3.84. The normalized spacial score (nSPS) is 21.4. The van der Waals surface area contributed by atoms with E-state index in [9.17, 15) is 9.59 Å². The molecule has 2 aliphatic carbocycles. The van der Waals surface area contributed by atoms with Crippen molar-refractivity contribution in [1.82, 2.24) is 9.88 Å². The highest BCUT2D eigenvalue weighted by molar-refractivity contribution is 6.08. The Morgan fingerprint density at radius 1 is 0.778 bits per heavy atom. The number of hydrogen-bond acceptors (Lipinski definition) is 3. The molecular weight excluding hydrogens is 444 g/mol. The van der Waals surface area contributed by atoms with Crippen molar-refractivity contribution in [2.45, 2.75) is 65.8 Å². The van der Waals surface area contributed by atoms with Crippen LogP contribution in [0.4, 0.5) is 0 Å². The van der Waals surface area contributed by atoms with Gasteiger partial charge in [-0.05, 0) is 40.9 Å². The second-order valence-corrected chi connectivity index (χ2v) is 12.4. The number of ketones is 2. The van der Waals surface area contributed by atoms with E-state index in [1.807, 2.05) is 6.07 Å². The fourth-order valence-corrected chi connectivity index (χ4v) is 6.62. The van der Waals surface area contributed by atoms with Crippen LogP contribution in [0.2, 0.25) is 0 Å². The highest BCUT2D eigenvalue weighted by Crippen LogP contribution is 2.52. The van der Waals surface area contributed by atoms with Crippen LogP contribution < -0.4 is 5.32 Å². The number of nitrogens with one attached hydrogen (secondary N) is 1. The molecule has 6 rings (SSSR count). The minimum atomic E-state index is -0.314. The second kappa shape index (κ2) is 8.06. The van der Waals surface area contributed by atoms with Crippen LogP contribution >= 0.6 is 0 Å². The largest absolute Gasteiger partial charge is 0.362 e. The SMILES string of the molecule is CC1(C)CC(=O)C2=C(C1)NC1=C(C(=O)CC(C)(C)C1)C2c1cn(Cc2ccccc2)c2ccccc12. The topological polar surface area (TPSA) is 51.1 Å². The molecule has 0 amide bonds. The molecule has 3 aromatic rings. The van der Waals surface area contributed by atoms with E-state index in [0.29, 0.717) is 12.8 Å². The summed E-state index contributed by atoms with van der Waals surface area (Å²) < 4.78 is 2.27. The Morgan fingerprint density at radius 2 is 1.33 bits per heavy atom. The third-order valence-corrected chi connectivity index (χ3v) is 8.05. The van der Waals surface area contributed by atoms with Crippen LogP contribution in [0.1, 0.15) is 70.4 Å². The monoisotopic (exact) mass is 478 g/mol. The number of fused-ring (bicyclic) bond motifs is 1. The first kappa shape index (κ1) is 23.0.